The van der Waals surface area contributed by atoms with Crippen LogP contribution in [0.25, 0.3) is 0 Å². The van der Waals surface area contributed by atoms with Gasteiger partial charge in [0.2, 0.25) is 17.7 Å². The minimum atomic E-state index is -0.865. The van der Waals surface area contributed by atoms with E-state index in [1.165, 1.54) is 13.3 Å². The quantitative estimate of drug-likeness (QED) is 0.802. The molecule has 0 spiro atoms. The van der Waals surface area contributed by atoms with E-state index in [1.54, 1.807) is 4.90 Å². The van der Waals surface area contributed by atoms with Crippen molar-refractivity contribution < 1.29 is 14.4 Å². The lowest BCUT2D eigenvalue weighted by atomic mass is 9.77. The van der Waals surface area contributed by atoms with Gasteiger partial charge in [0.15, 0.2) is 0 Å². The van der Waals surface area contributed by atoms with Gasteiger partial charge in [-0.3, -0.25) is 14.4 Å². The zero-order valence-corrected chi connectivity index (χ0v) is 14.1. The Bertz CT molecular complexity index is 452. The maximum absolute atomic E-state index is 12.9. The topological polar surface area (TPSA) is 92.5 Å². The summed E-state index contributed by atoms with van der Waals surface area (Å²) in [6.07, 6.45) is 9.35. The minimum absolute atomic E-state index is 0.0547. The number of nitrogens with zero attached hydrogens (tertiary/aromatic N) is 1. The summed E-state index contributed by atoms with van der Waals surface area (Å²) in [5.41, 5.74) is 4.92. The van der Waals surface area contributed by atoms with Crippen LogP contribution in [0.3, 0.4) is 0 Å². The molecule has 0 aromatic carbocycles. The van der Waals surface area contributed by atoms with E-state index in [0.717, 1.165) is 44.9 Å². The van der Waals surface area contributed by atoms with Gasteiger partial charge in [-0.1, -0.05) is 38.5 Å². The first-order valence-electron chi connectivity index (χ1n) is 8.84. The number of rotatable bonds is 5. The largest absolute Gasteiger partial charge is 0.368 e. The van der Waals surface area contributed by atoms with Gasteiger partial charge in [0.25, 0.3) is 0 Å². The van der Waals surface area contributed by atoms with E-state index in [-0.39, 0.29) is 30.3 Å². The maximum Gasteiger partial charge on any atom is 0.243 e. The van der Waals surface area contributed by atoms with E-state index in [2.05, 4.69) is 5.32 Å². The maximum atomic E-state index is 12.9. The van der Waals surface area contributed by atoms with E-state index < -0.39 is 5.54 Å². The van der Waals surface area contributed by atoms with Crippen molar-refractivity contribution in [3.63, 3.8) is 0 Å². The average molecular weight is 323 g/mol. The molecule has 0 radical (unpaired) electrons. The van der Waals surface area contributed by atoms with Crippen molar-refractivity contribution >= 4 is 17.7 Å². The number of hydrogen-bond acceptors (Lipinski definition) is 3. The molecule has 2 aliphatic rings. The van der Waals surface area contributed by atoms with Crippen LogP contribution in [-0.2, 0) is 14.4 Å². The molecular formula is C17H29N3O3. The van der Waals surface area contributed by atoms with Crippen molar-refractivity contribution in [2.24, 2.45) is 5.73 Å². The molecule has 2 fully saturated rings. The Kier molecular flexibility index (Phi) is 6.02. The first-order valence-corrected chi connectivity index (χ1v) is 8.84. The molecule has 2 saturated carbocycles. The highest BCUT2D eigenvalue weighted by Crippen LogP contribution is 2.38. The summed E-state index contributed by atoms with van der Waals surface area (Å²) in [5, 5.41) is 2.58. The molecular weight excluding hydrogens is 294 g/mol. The van der Waals surface area contributed by atoms with Crippen LogP contribution in [0.2, 0.25) is 0 Å². The molecule has 3 amide bonds. The number of hydrogen-bond donors (Lipinski definition) is 2. The van der Waals surface area contributed by atoms with Crippen molar-refractivity contribution in [1.29, 1.82) is 0 Å². The highest BCUT2D eigenvalue weighted by atomic mass is 16.2. The molecule has 0 saturated heterocycles. The zero-order valence-electron chi connectivity index (χ0n) is 14.1. The highest BCUT2D eigenvalue weighted by Gasteiger charge is 2.48. The number of carbonyl (C=O) groups is 3. The van der Waals surface area contributed by atoms with Crippen molar-refractivity contribution in [3.05, 3.63) is 0 Å². The molecule has 3 N–H and O–H groups in total. The Morgan fingerprint density at radius 1 is 1.04 bits per heavy atom. The Labute approximate surface area is 138 Å². The van der Waals surface area contributed by atoms with Crippen molar-refractivity contribution in [3.8, 4) is 0 Å². The lowest BCUT2D eigenvalue weighted by Gasteiger charge is -2.49. The summed E-state index contributed by atoms with van der Waals surface area (Å²) in [6, 6.07) is 0.0654. The van der Waals surface area contributed by atoms with Gasteiger partial charge in [-0.25, -0.2) is 0 Å². The summed E-state index contributed by atoms with van der Waals surface area (Å²) in [5.74, 6) is -0.800. The Balaban J connectivity index is 2.27. The van der Waals surface area contributed by atoms with Gasteiger partial charge in [-0.15, -0.1) is 0 Å². The van der Waals surface area contributed by atoms with E-state index in [1.807, 2.05) is 0 Å². The predicted molar refractivity (Wildman–Crippen MR) is 87.4 cm³/mol. The van der Waals surface area contributed by atoms with Crippen LogP contribution in [0.15, 0.2) is 0 Å². The molecule has 6 nitrogen and oxygen atoms in total. The fourth-order valence-corrected chi connectivity index (χ4v) is 4.16. The monoisotopic (exact) mass is 323 g/mol. The minimum Gasteiger partial charge on any atom is -0.368 e. The molecule has 0 atom stereocenters. The van der Waals surface area contributed by atoms with Gasteiger partial charge < -0.3 is 16.0 Å². The number of nitrogens with two attached hydrogens (primary N) is 1. The van der Waals surface area contributed by atoms with Crippen LogP contribution in [0.5, 0.6) is 0 Å². The van der Waals surface area contributed by atoms with Crippen molar-refractivity contribution in [1.82, 2.24) is 10.2 Å². The Morgan fingerprint density at radius 3 is 2.13 bits per heavy atom. The summed E-state index contributed by atoms with van der Waals surface area (Å²) in [4.78, 5) is 38.1. The van der Waals surface area contributed by atoms with Crippen LogP contribution in [0, 0.1) is 0 Å². The number of primary amides is 1. The van der Waals surface area contributed by atoms with Gasteiger partial charge in [0.1, 0.15) is 5.54 Å². The lowest BCUT2D eigenvalue weighted by molar-refractivity contribution is -0.153. The number of carbonyl (C=O) groups excluding carboxylic acids is 3. The molecule has 2 aliphatic carbocycles. The third-order valence-electron chi connectivity index (χ3n) is 5.30. The fraction of sp³-hybridized carbons (Fsp3) is 0.824. The van der Waals surface area contributed by atoms with Crippen molar-refractivity contribution in [2.45, 2.75) is 82.7 Å². The normalized spacial score (nSPS) is 21.4. The highest BCUT2D eigenvalue weighted by molar-refractivity contribution is 5.92. The van der Waals surface area contributed by atoms with Crippen molar-refractivity contribution in [2.75, 3.05) is 6.54 Å². The van der Waals surface area contributed by atoms with Crippen LogP contribution in [0.1, 0.15) is 71.1 Å². The second-order valence-electron chi connectivity index (χ2n) is 6.92. The van der Waals surface area contributed by atoms with Crippen LogP contribution in [0.4, 0.5) is 0 Å². The summed E-state index contributed by atoms with van der Waals surface area (Å²) < 4.78 is 0. The summed E-state index contributed by atoms with van der Waals surface area (Å²) >= 11 is 0. The first-order chi connectivity index (χ1) is 11.0. The van der Waals surface area contributed by atoms with Gasteiger partial charge >= 0.3 is 0 Å². The van der Waals surface area contributed by atoms with Crippen LogP contribution >= 0.6 is 0 Å². The second-order valence-corrected chi connectivity index (χ2v) is 6.92. The standard InChI is InChI=1S/C17H29N3O3/c1-13(21)19-12-15(22)20(14-8-4-2-5-9-14)17(16(18)23)10-6-3-7-11-17/h14H,2-12H2,1H3,(H2,18,23)(H,19,21). The third kappa shape index (κ3) is 4.03. The number of nitrogens with one attached hydrogen (secondary N) is 1. The SMILES string of the molecule is CC(=O)NCC(=O)N(C1CCCCC1)C1(C(N)=O)CCCCC1. The molecule has 2 rings (SSSR count). The van der Waals surface area contributed by atoms with E-state index >= 15 is 0 Å². The number of amides is 3. The summed E-state index contributed by atoms with van der Waals surface area (Å²) in [6.45, 7) is 1.34. The smallest absolute Gasteiger partial charge is 0.243 e. The van der Waals surface area contributed by atoms with E-state index in [9.17, 15) is 14.4 Å². The van der Waals surface area contributed by atoms with Gasteiger partial charge in [-0.05, 0) is 25.7 Å². The van der Waals surface area contributed by atoms with Gasteiger partial charge in [0.05, 0.1) is 6.54 Å². The molecule has 0 aromatic rings. The fourth-order valence-electron chi connectivity index (χ4n) is 4.16. The second kappa shape index (κ2) is 7.79. The third-order valence-corrected chi connectivity index (χ3v) is 5.30. The molecule has 130 valence electrons. The van der Waals surface area contributed by atoms with Crippen LogP contribution in [-0.4, -0.2) is 40.7 Å². The van der Waals surface area contributed by atoms with Crippen LogP contribution < -0.4 is 11.1 Å². The first kappa shape index (κ1) is 17.8. The molecule has 0 unspecified atom stereocenters. The molecule has 0 heterocycles. The molecule has 23 heavy (non-hydrogen) atoms. The Hall–Kier alpha value is -1.59. The molecule has 0 aromatic heterocycles. The summed E-state index contributed by atoms with van der Waals surface area (Å²) in [7, 11) is 0. The Morgan fingerprint density at radius 2 is 1.61 bits per heavy atom. The van der Waals surface area contributed by atoms with E-state index in [0.29, 0.717) is 12.8 Å². The molecule has 0 bridgehead atoms. The zero-order chi connectivity index (χ0) is 16.9. The predicted octanol–water partition coefficient (Wildman–Crippen LogP) is 1.47. The molecule has 6 heteroatoms. The van der Waals surface area contributed by atoms with Gasteiger partial charge in [0, 0.05) is 13.0 Å². The van der Waals surface area contributed by atoms with E-state index in [4.69, 9.17) is 5.73 Å². The average Bonchev–Trinajstić information content (AvgIpc) is 2.55. The van der Waals surface area contributed by atoms with Gasteiger partial charge in [-0.2, -0.15) is 0 Å². The molecule has 0 aliphatic heterocycles. The lowest BCUT2D eigenvalue weighted by Crippen LogP contribution is -2.65.